The lowest BCUT2D eigenvalue weighted by molar-refractivity contribution is 0.243. The summed E-state index contributed by atoms with van der Waals surface area (Å²) >= 11 is 0. The molecule has 0 N–H and O–H groups in total. The van der Waals surface area contributed by atoms with Gasteiger partial charge >= 0.3 is 0 Å². The zero-order valence-electron chi connectivity index (χ0n) is 14.7. The number of piperidine rings is 1. The third-order valence-electron chi connectivity index (χ3n) is 4.52. The van der Waals surface area contributed by atoms with E-state index in [1.165, 1.54) is 0 Å². The lowest BCUT2D eigenvalue weighted by Gasteiger charge is -2.35. The first kappa shape index (κ1) is 17.9. The van der Waals surface area contributed by atoms with Gasteiger partial charge in [-0.1, -0.05) is 30.2 Å². The van der Waals surface area contributed by atoms with Gasteiger partial charge in [0, 0.05) is 18.3 Å². The Morgan fingerprint density at radius 1 is 1.20 bits per heavy atom. The van der Waals surface area contributed by atoms with Gasteiger partial charge in [-0.15, -0.1) is 0 Å². The van der Waals surface area contributed by atoms with Crippen LogP contribution in [-0.2, 0) is 10.0 Å². The Balaban J connectivity index is 2.00. The SMILES string of the molecule is CCOc1ncccc1[C@H]1CCCCN1S(=O)(=O)c1ccc(C)cc1. The van der Waals surface area contributed by atoms with Crippen LogP contribution in [0.1, 0.15) is 43.4 Å². The molecular weight excluding hydrogens is 336 g/mol. The molecule has 0 unspecified atom stereocenters. The molecule has 1 aromatic heterocycles. The summed E-state index contributed by atoms with van der Waals surface area (Å²) in [5, 5.41) is 0. The van der Waals surface area contributed by atoms with Crippen LogP contribution < -0.4 is 4.74 Å². The molecule has 0 radical (unpaired) electrons. The number of nitrogens with zero attached hydrogens (tertiary/aromatic N) is 2. The Labute approximate surface area is 149 Å². The van der Waals surface area contributed by atoms with Crippen molar-refractivity contribution in [3.8, 4) is 5.88 Å². The number of aryl methyl sites for hydroxylation is 1. The average Bonchev–Trinajstić information content (AvgIpc) is 2.63. The summed E-state index contributed by atoms with van der Waals surface area (Å²) in [4.78, 5) is 4.64. The highest BCUT2D eigenvalue weighted by Gasteiger charge is 2.36. The number of rotatable bonds is 5. The molecule has 134 valence electrons. The van der Waals surface area contributed by atoms with Gasteiger partial charge < -0.3 is 4.74 Å². The maximum Gasteiger partial charge on any atom is 0.243 e. The molecule has 1 saturated heterocycles. The zero-order valence-corrected chi connectivity index (χ0v) is 15.5. The topological polar surface area (TPSA) is 59.5 Å². The van der Waals surface area contributed by atoms with Crippen LogP contribution in [0.5, 0.6) is 5.88 Å². The lowest BCUT2D eigenvalue weighted by Crippen LogP contribution is -2.38. The van der Waals surface area contributed by atoms with E-state index < -0.39 is 10.0 Å². The maximum atomic E-state index is 13.2. The molecule has 1 atom stereocenters. The van der Waals surface area contributed by atoms with Crippen molar-refractivity contribution in [1.82, 2.24) is 9.29 Å². The molecule has 0 aliphatic carbocycles. The Kier molecular flexibility index (Phi) is 5.39. The molecule has 1 aromatic carbocycles. The zero-order chi connectivity index (χ0) is 17.9. The molecule has 1 aliphatic heterocycles. The van der Waals surface area contributed by atoms with Crippen molar-refractivity contribution < 1.29 is 13.2 Å². The maximum absolute atomic E-state index is 13.2. The van der Waals surface area contributed by atoms with E-state index in [9.17, 15) is 8.42 Å². The fourth-order valence-electron chi connectivity index (χ4n) is 3.26. The molecule has 5 nitrogen and oxygen atoms in total. The summed E-state index contributed by atoms with van der Waals surface area (Å²) in [6, 6.07) is 10.6. The highest BCUT2D eigenvalue weighted by Crippen LogP contribution is 2.38. The normalized spacial score (nSPS) is 18.9. The molecule has 0 saturated carbocycles. The first-order valence-electron chi connectivity index (χ1n) is 8.70. The monoisotopic (exact) mass is 360 g/mol. The quantitative estimate of drug-likeness (QED) is 0.816. The van der Waals surface area contributed by atoms with E-state index in [2.05, 4.69) is 4.98 Å². The van der Waals surface area contributed by atoms with Crippen molar-refractivity contribution in [3.63, 3.8) is 0 Å². The fraction of sp³-hybridized carbons (Fsp3) is 0.421. The summed E-state index contributed by atoms with van der Waals surface area (Å²) in [7, 11) is -3.56. The Bertz CT molecular complexity index is 819. The third-order valence-corrected chi connectivity index (χ3v) is 6.44. The standard InChI is InChI=1S/C19H24N2O3S/c1-3-24-19-17(7-6-13-20-19)18-8-4-5-14-21(18)25(22,23)16-11-9-15(2)10-12-16/h6-7,9-13,18H,3-5,8,14H2,1-2H3/t18-/m1/s1. The molecule has 25 heavy (non-hydrogen) atoms. The van der Waals surface area contributed by atoms with Gasteiger partial charge in [0.1, 0.15) is 0 Å². The van der Waals surface area contributed by atoms with Crippen LogP contribution >= 0.6 is 0 Å². The molecule has 2 aromatic rings. The van der Waals surface area contributed by atoms with Gasteiger partial charge in [0.25, 0.3) is 0 Å². The van der Waals surface area contributed by atoms with E-state index in [0.29, 0.717) is 23.9 Å². The molecule has 2 heterocycles. The van der Waals surface area contributed by atoms with Gasteiger partial charge in [-0.05, 0) is 44.9 Å². The van der Waals surface area contributed by atoms with Crippen LogP contribution in [0.15, 0.2) is 47.5 Å². The predicted molar refractivity (Wildman–Crippen MR) is 97.1 cm³/mol. The van der Waals surface area contributed by atoms with Crippen LogP contribution in [0.3, 0.4) is 0 Å². The van der Waals surface area contributed by atoms with Gasteiger partial charge in [-0.3, -0.25) is 0 Å². The fourth-order valence-corrected chi connectivity index (χ4v) is 4.94. The number of aromatic nitrogens is 1. The highest BCUT2D eigenvalue weighted by molar-refractivity contribution is 7.89. The summed E-state index contributed by atoms with van der Waals surface area (Å²) in [5.74, 6) is 0.529. The summed E-state index contributed by atoms with van der Waals surface area (Å²) in [5.41, 5.74) is 1.89. The molecule has 3 rings (SSSR count). The highest BCUT2D eigenvalue weighted by atomic mass is 32.2. The Hall–Kier alpha value is -1.92. The number of benzene rings is 1. The third kappa shape index (κ3) is 3.70. The molecule has 1 fully saturated rings. The van der Waals surface area contributed by atoms with E-state index in [-0.39, 0.29) is 6.04 Å². The number of ether oxygens (including phenoxy) is 1. The number of pyridine rings is 1. The lowest BCUT2D eigenvalue weighted by atomic mass is 9.98. The van der Waals surface area contributed by atoms with Crippen molar-refractivity contribution in [2.45, 2.75) is 44.0 Å². The van der Waals surface area contributed by atoms with Crippen LogP contribution in [0.2, 0.25) is 0 Å². The van der Waals surface area contributed by atoms with Gasteiger partial charge in [0.15, 0.2) is 0 Å². The van der Waals surface area contributed by atoms with Crippen LogP contribution in [0, 0.1) is 6.92 Å². The van der Waals surface area contributed by atoms with E-state index in [1.54, 1.807) is 22.6 Å². The van der Waals surface area contributed by atoms with E-state index in [0.717, 1.165) is 30.4 Å². The molecule has 6 heteroatoms. The second kappa shape index (κ2) is 7.54. The molecule has 1 aliphatic rings. The van der Waals surface area contributed by atoms with E-state index in [4.69, 9.17) is 4.74 Å². The number of sulfonamides is 1. The van der Waals surface area contributed by atoms with E-state index in [1.807, 2.05) is 38.1 Å². The second-order valence-corrected chi connectivity index (χ2v) is 8.16. The van der Waals surface area contributed by atoms with Crippen LogP contribution in [0.25, 0.3) is 0 Å². The molecular formula is C19H24N2O3S. The molecule has 0 spiro atoms. The van der Waals surface area contributed by atoms with Crippen molar-refractivity contribution >= 4 is 10.0 Å². The largest absolute Gasteiger partial charge is 0.478 e. The minimum Gasteiger partial charge on any atom is -0.478 e. The minimum absolute atomic E-state index is 0.240. The Morgan fingerprint density at radius 3 is 2.68 bits per heavy atom. The van der Waals surface area contributed by atoms with Crippen molar-refractivity contribution in [1.29, 1.82) is 0 Å². The van der Waals surface area contributed by atoms with Crippen LogP contribution in [0.4, 0.5) is 0 Å². The number of hydrogen-bond acceptors (Lipinski definition) is 4. The predicted octanol–water partition coefficient (Wildman–Crippen LogP) is 3.70. The van der Waals surface area contributed by atoms with Crippen molar-refractivity contribution in [3.05, 3.63) is 53.7 Å². The van der Waals surface area contributed by atoms with Gasteiger partial charge in [-0.25, -0.2) is 13.4 Å². The van der Waals surface area contributed by atoms with Crippen molar-refractivity contribution in [2.24, 2.45) is 0 Å². The summed E-state index contributed by atoms with van der Waals surface area (Å²) in [6.07, 6.45) is 4.31. The average molecular weight is 360 g/mol. The molecule has 0 amide bonds. The minimum atomic E-state index is -3.56. The number of hydrogen-bond donors (Lipinski definition) is 0. The summed E-state index contributed by atoms with van der Waals surface area (Å²) in [6.45, 7) is 4.87. The van der Waals surface area contributed by atoms with Gasteiger partial charge in [-0.2, -0.15) is 4.31 Å². The summed E-state index contributed by atoms with van der Waals surface area (Å²) < 4.78 is 33.7. The first-order valence-corrected chi connectivity index (χ1v) is 10.1. The van der Waals surface area contributed by atoms with E-state index >= 15 is 0 Å². The van der Waals surface area contributed by atoms with Gasteiger partial charge in [0.2, 0.25) is 15.9 Å². The van der Waals surface area contributed by atoms with Crippen LogP contribution in [-0.4, -0.2) is 30.9 Å². The smallest absolute Gasteiger partial charge is 0.243 e. The Morgan fingerprint density at radius 2 is 1.96 bits per heavy atom. The van der Waals surface area contributed by atoms with Gasteiger partial charge in [0.05, 0.1) is 17.5 Å². The first-order chi connectivity index (χ1) is 12.0. The molecule has 0 bridgehead atoms. The second-order valence-electron chi connectivity index (χ2n) is 6.27. The van der Waals surface area contributed by atoms with Crippen molar-refractivity contribution in [2.75, 3.05) is 13.2 Å².